The van der Waals surface area contributed by atoms with Crippen molar-refractivity contribution in [3.63, 3.8) is 0 Å². The minimum atomic E-state index is -2.99. The van der Waals surface area contributed by atoms with Crippen LogP contribution in [0, 0.1) is 5.82 Å². The van der Waals surface area contributed by atoms with Gasteiger partial charge in [0.25, 0.3) is 0 Å². The van der Waals surface area contributed by atoms with Gasteiger partial charge in [0.2, 0.25) is 5.95 Å². The van der Waals surface area contributed by atoms with Gasteiger partial charge in [-0.1, -0.05) is 12.1 Å². The predicted octanol–water partition coefficient (Wildman–Crippen LogP) is 2.25. The van der Waals surface area contributed by atoms with E-state index >= 15 is 0 Å². The van der Waals surface area contributed by atoms with Crippen molar-refractivity contribution in [1.29, 1.82) is 0 Å². The fourth-order valence-electron chi connectivity index (χ4n) is 1.42. The van der Waals surface area contributed by atoms with Crippen molar-refractivity contribution >= 4 is 17.5 Å². The number of nitrogens with zero attached hydrogens (tertiary/aromatic N) is 2. The first kappa shape index (κ1) is 13.9. The van der Waals surface area contributed by atoms with Crippen LogP contribution in [0.1, 0.15) is 0 Å². The molecule has 0 amide bonds. The molecule has 0 fully saturated rings. The number of halogens is 3. The number of nitrogen functional groups attached to an aromatic ring is 1. The number of benzene rings is 1. The topological polar surface area (TPSA) is 85.1 Å². The van der Waals surface area contributed by atoms with Crippen molar-refractivity contribution in [2.24, 2.45) is 5.84 Å². The molecule has 0 saturated heterocycles. The zero-order valence-electron chi connectivity index (χ0n) is 9.98. The molecule has 106 valence electrons. The van der Waals surface area contributed by atoms with Crippen molar-refractivity contribution in [3.8, 4) is 5.75 Å². The Kier molecular flexibility index (Phi) is 4.20. The molecule has 0 atom stereocenters. The minimum absolute atomic E-state index is 0.0267. The van der Waals surface area contributed by atoms with Crippen LogP contribution >= 0.6 is 0 Å². The van der Waals surface area contributed by atoms with Crippen molar-refractivity contribution in [2.75, 3.05) is 10.7 Å². The molecule has 20 heavy (non-hydrogen) atoms. The van der Waals surface area contributed by atoms with Gasteiger partial charge in [0.15, 0.2) is 11.6 Å². The average molecular weight is 285 g/mol. The Balaban J connectivity index is 2.30. The molecule has 1 aromatic carbocycles. The van der Waals surface area contributed by atoms with E-state index in [1.54, 1.807) is 6.07 Å². The summed E-state index contributed by atoms with van der Waals surface area (Å²) in [5.41, 5.74) is 2.28. The standard InChI is InChI=1S/C11H10F3N5O/c12-6-5-16-11(19-15)18-9(6)17-7-3-1-2-4-8(7)20-10(13)14/h1-5,10H,15H2,(H2,16,17,18,19). The number of hydrogen-bond acceptors (Lipinski definition) is 6. The average Bonchev–Trinajstić information content (AvgIpc) is 2.43. The SMILES string of the molecule is NNc1ncc(F)c(Nc2ccccc2OC(F)F)n1. The molecule has 0 bridgehead atoms. The van der Waals surface area contributed by atoms with E-state index in [9.17, 15) is 13.2 Å². The van der Waals surface area contributed by atoms with Gasteiger partial charge in [-0.15, -0.1) is 0 Å². The summed E-state index contributed by atoms with van der Waals surface area (Å²) in [6, 6.07) is 5.83. The second-order valence-electron chi connectivity index (χ2n) is 3.53. The number of hydrogen-bond donors (Lipinski definition) is 3. The summed E-state index contributed by atoms with van der Waals surface area (Å²) < 4.78 is 42.4. The summed E-state index contributed by atoms with van der Waals surface area (Å²) in [7, 11) is 0. The molecule has 6 nitrogen and oxygen atoms in total. The van der Waals surface area contributed by atoms with E-state index in [1.807, 2.05) is 0 Å². The van der Waals surface area contributed by atoms with Gasteiger partial charge in [0.05, 0.1) is 11.9 Å². The second-order valence-corrected chi connectivity index (χ2v) is 3.53. The lowest BCUT2D eigenvalue weighted by molar-refractivity contribution is -0.0493. The number of ether oxygens (including phenoxy) is 1. The Morgan fingerprint density at radius 2 is 2.00 bits per heavy atom. The molecule has 1 heterocycles. The third-order valence-corrected chi connectivity index (χ3v) is 2.23. The fraction of sp³-hybridized carbons (Fsp3) is 0.0909. The third-order valence-electron chi connectivity index (χ3n) is 2.23. The molecule has 0 aliphatic heterocycles. The van der Waals surface area contributed by atoms with Gasteiger partial charge >= 0.3 is 6.61 Å². The highest BCUT2D eigenvalue weighted by molar-refractivity contribution is 5.64. The van der Waals surface area contributed by atoms with E-state index in [0.717, 1.165) is 6.20 Å². The summed E-state index contributed by atoms with van der Waals surface area (Å²) in [5.74, 6) is 3.95. The van der Waals surface area contributed by atoms with Crippen LogP contribution in [0.3, 0.4) is 0 Å². The number of para-hydroxylation sites is 2. The van der Waals surface area contributed by atoms with Crippen LogP contribution in [0.5, 0.6) is 5.75 Å². The first-order valence-electron chi connectivity index (χ1n) is 5.40. The highest BCUT2D eigenvalue weighted by Gasteiger charge is 2.12. The van der Waals surface area contributed by atoms with Gasteiger partial charge in [0, 0.05) is 0 Å². The number of anilines is 3. The number of alkyl halides is 2. The maximum absolute atomic E-state index is 13.5. The third kappa shape index (κ3) is 3.26. The normalized spacial score (nSPS) is 10.4. The van der Waals surface area contributed by atoms with Crippen LogP contribution < -0.4 is 21.3 Å². The van der Waals surface area contributed by atoms with Crippen LogP contribution in [0.25, 0.3) is 0 Å². The monoisotopic (exact) mass is 285 g/mol. The van der Waals surface area contributed by atoms with Crippen LogP contribution in [-0.2, 0) is 0 Å². The number of nitrogens with two attached hydrogens (primary N) is 1. The molecule has 0 spiro atoms. The molecule has 2 rings (SSSR count). The highest BCUT2D eigenvalue weighted by atomic mass is 19.3. The van der Waals surface area contributed by atoms with Crippen LogP contribution in [-0.4, -0.2) is 16.6 Å². The lowest BCUT2D eigenvalue weighted by Gasteiger charge is -2.12. The van der Waals surface area contributed by atoms with E-state index in [1.165, 1.54) is 18.2 Å². The highest BCUT2D eigenvalue weighted by Crippen LogP contribution is 2.29. The Labute approximate surface area is 111 Å². The molecule has 9 heteroatoms. The van der Waals surface area contributed by atoms with Crippen LogP contribution in [0.15, 0.2) is 30.5 Å². The Morgan fingerprint density at radius 3 is 2.70 bits per heavy atom. The van der Waals surface area contributed by atoms with Crippen molar-refractivity contribution in [1.82, 2.24) is 9.97 Å². The summed E-state index contributed by atoms with van der Waals surface area (Å²) in [6.45, 7) is -2.99. The molecular formula is C11H10F3N5O. The van der Waals surface area contributed by atoms with Crippen LogP contribution in [0.2, 0.25) is 0 Å². The molecular weight excluding hydrogens is 275 g/mol. The largest absolute Gasteiger partial charge is 0.433 e. The number of aromatic nitrogens is 2. The smallest absolute Gasteiger partial charge is 0.387 e. The quantitative estimate of drug-likeness (QED) is 0.577. The van der Waals surface area contributed by atoms with Gasteiger partial charge in [-0.05, 0) is 12.1 Å². The van der Waals surface area contributed by atoms with Gasteiger partial charge in [-0.2, -0.15) is 13.8 Å². The fourth-order valence-corrected chi connectivity index (χ4v) is 1.42. The molecule has 1 aromatic heterocycles. The first-order valence-corrected chi connectivity index (χ1v) is 5.40. The molecule has 0 saturated carbocycles. The predicted molar refractivity (Wildman–Crippen MR) is 66.2 cm³/mol. The zero-order chi connectivity index (χ0) is 14.5. The van der Waals surface area contributed by atoms with Crippen LogP contribution in [0.4, 0.5) is 30.6 Å². The molecule has 0 radical (unpaired) electrons. The van der Waals surface area contributed by atoms with Gasteiger partial charge < -0.3 is 10.1 Å². The lowest BCUT2D eigenvalue weighted by atomic mass is 10.3. The molecule has 4 N–H and O–H groups in total. The van der Waals surface area contributed by atoms with Gasteiger partial charge in [0.1, 0.15) is 5.75 Å². The summed E-state index contributed by atoms with van der Waals surface area (Å²) in [4.78, 5) is 7.29. The summed E-state index contributed by atoms with van der Waals surface area (Å²) in [6.07, 6.45) is 0.890. The number of hydrazine groups is 1. The Hall–Kier alpha value is -2.55. The van der Waals surface area contributed by atoms with Crippen molar-refractivity contribution in [2.45, 2.75) is 6.61 Å². The second kappa shape index (κ2) is 6.06. The van der Waals surface area contributed by atoms with Gasteiger partial charge in [-0.3, -0.25) is 5.43 Å². The number of nitrogens with one attached hydrogen (secondary N) is 2. The summed E-state index contributed by atoms with van der Waals surface area (Å²) in [5, 5.41) is 2.54. The van der Waals surface area contributed by atoms with E-state index in [0.29, 0.717) is 0 Å². The van der Waals surface area contributed by atoms with E-state index in [2.05, 4.69) is 25.4 Å². The lowest BCUT2D eigenvalue weighted by Crippen LogP contribution is -2.12. The molecule has 0 unspecified atom stereocenters. The Bertz CT molecular complexity index is 596. The Morgan fingerprint density at radius 1 is 1.25 bits per heavy atom. The van der Waals surface area contributed by atoms with Crippen molar-refractivity contribution in [3.05, 3.63) is 36.3 Å². The molecule has 0 aliphatic carbocycles. The maximum atomic E-state index is 13.5. The van der Waals surface area contributed by atoms with E-state index in [4.69, 9.17) is 5.84 Å². The molecule has 0 aliphatic rings. The van der Waals surface area contributed by atoms with Crippen molar-refractivity contribution < 1.29 is 17.9 Å². The molecule has 2 aromatic rings. The van der Waals surface area contributed by atoms with Gasteiger partial charge in [-0.25, -0.2) is 15.2 Å². The summed E-state index contributed by atoms with van der Waals surface area (Å²) >= 11 is 0. The minimum Gasteiger partial charge on any atom is -0.433 e. The van der Waals surface area contributed by atoms with E-state index in [-0.39, 0.29) is 23.2 Å². The first-order chi connectivity index (χ1) is 9.60. The maximum Gasteiger partial charge on any atom is 0.387 e. The zero-order valence-corrected chi connectivity index (χ0v) is 9.98. The van der Waals surface area contributed by atoms with E-state index < -0.39 is 12.4 Å². The number of rotatable bonds is 5.